The molecular weight excluding hydrogens is 274 g/mol. The van der Waals surface area contributed by atoms with E-state index in [1.807, 2.05) is 0 Å². The van der Waals surface area contributed by atoms with Crippen LogP contribution < -0.4 is 5.32 Å². The fourth-order valence-electron chi connectivity index (χ4n) is 1.99. The summed E-state index contributed by atoms with van der Waals surface area (Å²) in [5.41, 5.74) is -1.47. The highest BCUT2D eigenvalue weighted by Crippen LogP contribution is 2.27. The monoisotopic (exact) mass is 293 g/mol. The first-order valence-electron chi connectivity index (χ1n) is 6.67. The van der Waals surface area contributed by atoms with E-state index >= 15 is 0 Å². The molecule has 1 amide bonds. The van der Waals surface area contributed by atoms with Gasteiger partial charge in [0.2, 0.25) is 5.91 Å². The average Bonchev–Trinajstić information content (AvgIpc) is 2.45. The van der Waals surface area contributed by atoms with E-state index in [0.29, 0.717) is 0 Å². The zero-order chi connectivity index (χ0) is 16.2. The number of ketones is 1. The Morgan fingerprint density at radius 2 is 1.76 bits per heavy atom. The maximum atomic E-state index is 12.5. The van der Waals surface area contributed by atoms with Gasteiger partial charge >= 0.3 is 5.97 Å². The molecule has 114 valence electrons. The summed E-state index contributed by atoms with van der Waals surface area (Å²) < 4.78 is 0. The van der Waals surface area contributed by atoms with E-state index in [9.17, 15) is 19.5 Å². The van der Waals surface area contributed by atoms with Crippen LogP contribution in [0.25, 0.3) is 0 Å². The molecule has 0 aliphatic rings. The van der Waals surface area contributed by atoms with Crippen molar-refractivity contribution < 1.29 is 24.6 Å². The van der Waals surface area contributed by atoms with Crippen molar-refractivity contribution in [3.05, 3.63) is 29.3 Å². The molecule has 0 radical (unpaired) electrons. The number of Topliss-reactive ketones (excluding diaryl/α,β-unsaturated/α-hetero) is 1. The summed E-state index contributed by atoms with van der Waals surface area (Å²) >= 11 is 0. The number of amides is 1. The predicted octanol–water partition coefficient (Wildman–Crippen LogP) is 2.08. The number of aliphatic hydroxyl groups is 1. The van der Waals surface area contributed by atoms with Gasteiger partial charge in [0, 0.05) is 12.5 Å². The molecule has 0 aliphatic heterocycles. The van der Waals surface area contributed by atoms with Crippen LogP contribution in [-0.4, -0.2) is 33.5 Å². The Bertz CT molecular complexity index is 575. The van der Waals surface area contributed by atoms with Gasteiger partial charge in [0.15, 0.2) is 5.78 Å². The van der Waals surface area contributed by atoms with E-state index in [1.54, 1.807) is 13.8 Å². The number of hydrogen-bond acceptors (Lipinski definition) is 4. The van der Waals surface area contributed by atoms with Gasteiger partial charge in [0.1, 0.15) is 5.60 Å². The topological polar surface area (TPSA) is 104 Å². The minimum absolute atomic E-state index is 0.00343. The van der Waals surface area contributed by atoms with Crippen LogP contribution in [0.4, 0.5) is 5.69 Å². The number of carbonyl (C=O) groups is 3. The van der Waals surface area contributed by atoms with Crippen molar-refractivity contribution >= 4 is 23.3 Å². The third-order valence-corrected chi connectivity index (χ3v) is 3.41. The second-order valence-electron chi connectivity index (χ2n) is 4.81. The average molecular weight is 293 g/mol. The van der Waals surface area contributed by atoms with Crippen molar-refractivity contribution in [3.8, 4) is 0 Å². The third-order valence-electron chi connectivity index (χ3n) is 3.41. The molecule has 6 nitrogen and oxygen atoms in total. The molecule has 0 bridgehead atoms. The molecule has 6 heteroatoms. The molecule has 0 aromatic heterocycles. The Morgan fingerprint density at radius 1 is 1.19 bits per heavy atom. The Kier molecular flexibility index (Phi) is 5.21. The summed E-state index contributed by atoms with van der Waals surface area (Å²) in [5, 5.41) is 21.8. The lowest BCUT2D eigenvalue weighted by Gasteiger charge is -2.24. The minimum Gasteiger partial charge on any atom is -0.478 e. The standard InChI is InChI=1S/C15H19NO5/c1-4-15(21,5-2)13(18)11-8-10(14(19)20)6-7-12(11)16-9(3)17/h6-8,21H,4-5H2,1-3H3,(H,16,17)(H,19,20). The minimum atomic E-state index is -1.58. The lowest BCUT2D eigenvalue weighted by atomic mass is 9.86. The van der Waals surface area contributed by atoms with Gasteiger partial charge in [-0.3, -0.25) is 9.59 Å². The summed E-state index contributed by atoms with van der Waals surface area (Å²) in [6, 6.07) is 3.82. The second kappa shape index (κ2) is 6.49. The maximum Gasteiger partial charge on any atom is 0.335 e. The molecule has 0 saturated carbocycles. The lowest BCUT2D eigenvalue weighted by molar-refractivity contribution is -0.114. The van der Waals surface area contributed by atoms with E-state index in [1.165, 1.54) is 25.1 Å². The van der Waals surface area contributed by atoms with Crippen molar-refractivity contribution in [1.29, 1.82) is 0 Å². The summed E-state index contributed by atoms with van der Waals surface area (Å²) in [7, 11) is 0. The molecule has 0 fully saturated rings. The number of benzene rings is 1. The van der Waals surface area contributed by atoms with Crippen molar-refractivity contribution in [2.24, 2.45) is 0 Å². The van der Waals surface area contributed by atoms with Gasteiger partial charge in [-0.2, -0.15) is 0 Å². The van der Waals surface area contributed by atoms with Crippen molar-refractivity contribution in [3.63, 3.8) is 0 Å². The zero-order valence-electron chi connectivity index (χ0n) is 12.3. The molecule has 0 spiro atoms. The number of carbonyl (C=O) groups excluding carboxylic acids is 2. The molecule has 21 heavy (non-hydrogen) atoms. The fraction of sp³-hybridized carbons (Fsp3) is 0.400. The van der Waals surface area contributed by atoms with E-state index in [0.717, 1.165) is 0 Å². The summed E-state index contributed by atoms with van der Waals surface area (Å²) in [4.78, 5) is 34.7. The zero-order valence-corrected chi connectivity index (χ0v) is 12.3. The molecule has 0 heterocycles. The number of aromatic carboxylic acids is 1. The number of rotatable bonds is 6. The molecule has 1 aromatic carbocycles. The van der Waals surface area contributed by atoms with Gasteiger partial charge in [-0.05, 0) is 31.0 Å². The number of carboxylic acids is 1. The number of carboxylic acid groups (broad SMARTS) is 1. The van der Waals surface area contributed by atoms with Crippen LogP contribution in [0.15, 0.2) is 18.2 Å². The van der Waals surface area contributed by atoms with Crippen LogP contribution in [0.1, 0.15) is 54.3 Å². The second-order valence-corrected chi connectivity index (χ2v) is 4.81. The predicted molar refractivity (Wildman–Crippen MR) is 77.6 cm³/mol. The van der Waals surface area contributed by atoms with Gasteiger partial charge in [0.25, 0.3) is 0 Å². The molecule has 0 saturated heterocycles. The normalized spacial score (nSPS) is 11.0. The highest BCUT2D eigenvalue weighted by Gasteiger charge is 2.34. The smallest absolute Gasteiger partial charge is 0.335 e. The van der Waals surface area contributed by atoms with E-state index in [-0.39, 0.29) is 35.6 Å². The molecule has 0 atom stereocenters. The molecule has 1 rings (SSSR count). The van der Waals surface area contributed by atoms with Gasteiger partial charge in [-0.25, -0.2) is 4.79 Å². The summed E-state index contributed by atoms with van der Waals surface area (Å²) in [5.74, 6) is -2.17. The first-order valence-corrected chi connectivity index (χ1v) is 6.67. The Hall–Kier alpha value is -2.21. The Balaban J connectivity index is 3.41. The SMILES string of the molecule is CCC(O)(CC)C(=O)c1cc(C(=O)O)ccc1NC(C)=O. The van der Waals surface area contributed by atoms with E-state index < -0.39 is 17.4 Å². The first kappa shape index (κ1) is 16.8. The Morgan fingerprint density at radius 3 is 2.19 bits per heavy atom. The van der Waals surface area contributed by atoms with Crippen LogP contribution in [0.5, 0.6) is 0 Å². The highest BCUT2D eigenvalue weighted by atomic mass is 16.4. The quantitative estimate of drug-likeness (QED) is 0.697. The van der Waals surface area contributed by atoms with Crippen LogP contribution in [-0.2, 0) is 4.79 Å². The summed E-state index contributed by atoms with van der Waals surface area (Å²) in [6.07, 6.45) is 0.387. The van der Waals surface area contributed by atoms with Gasteiger partial charge in [-0.1, -0.05) is 13.8 Å². The fourth-order valence-corrected chi connectivity index (χ4v) is 1.99. The number of hydrogen-bond donors (Lipinski definition) is 3. The summed E-state index contributed by atoms with van der Waals surface area (Å²) in [6.45, 7) is 4.62. The molecule has 0 aliphatic carbocycles. The van der Waals surface area contributed by atoms with E-state index in [2.05, 4.69) is 5.32 Å². The van der Waals surface area contributed by atoms with Crippen LogP contribution in [0, 0.1) is 0 Å². The maximum absolute atomic E-state index is 12.5. The molecule has 3 N–H and O–H groups in total. The van der Waals surface area contributed by atoms with Crippen molar-refractivity contribution in [2.75, 3.05) is 5.32 Å². The third kappa shape index (κ3) is 3.66. The van der Waals surface area contributed by atoms with Crippen molar-refractivity contribution in [1.82, 2.24) is 0 Å². The highest BCUT2D eigenvalue weighted by molar-refractivity contribution is 6.10. The van der Waals surface area contributed by atoms with Crippen LogP contribution in [0.3, 0.4) is 0 Å². The van der Waals surface area contributed by atoms with E-state index in [4.69, 9.17) is 5.11 Å². The lowest BCUT2D eigenvalue weighted by Crippen LogP contribution is -2.37. The van der Waals surface area contributed by atoms with Gasteiger partial charge < -0.3 is 15.5 Å². The number of nitrogens with one attached hydrogen (secondary N) is 1. The number of anilines is 1. The van der Waals surface area contributed by atoms with Gasteiger partial charge in [-0.15, -0.1) is 0 Å². The first-order chi connectivity index (χ1) is 9.75. The van der Waals surface area contributed by atoms with Gasteiger partial charge in [0.05, 0.1) is 11.3 Å². The van der Waals surface area contributed by atoms with Crippen LogP contribution >= 0.6 is 0 Å². The molecular formula is C15H19NO5. The Labute approximate surface area is 122 Å². The largest absolute Gasteiger partial charge is 0.478 e. The van der Waals surface area contributed by atoms with Crippen molar-refractivity contribution in [2.45, 2.75) is 39.2 Å². The van der Waals surface area contributed by atoms with Crippen LogP contribution in [0.2, 0.25) is 0 Å². The molecule has 0 unspecified atom stereocenters. The molecule has 1 aromatic rings.